The number of hydroxylamine groups is 1. The number of sulfonamides is 1. The molecule has 2 aliphatic heterocycles. The van der Waals surface area contributed by atoms with Gasteiger partial charge in [-0.1, -0.05) is 17.7 Å². The molecule has 2 fully saturated rings. The van der Waals surface area contributed by atoms with Crippen LogP contribution in [0, 0.1) is 6.92 Å². The predicted molar refractivity (Wildman–Crippen MR) is 128 cm³/mol. The van der Waals surface area contributed by atoms with Gasteiger partial charge >= 0.3 is 0 Å². The Labute approximate surface area is 200 Å². The highest BCUT2D eigenvalue weighted by molar-refractivity contribution is 7.89. The Morgan fingerprint density at radius 1 is 1.18 bits per heavy atom. The first-order valence-corrected chi connectivity index (χ1v) is 12.9. The smallest absolute Gasteiger partial charge is 0.267 e. The fourth-order valence-corrected chi connectivity index (χ4v) is 5.36. The molecule has 10 heteroatoms. The Balaban J connectivity index is 1.25. The molecule has 1 aromatic carbocycles. The van der Waals surface area contributed by atoms with Gasteiger partial charge < -0.3 is 10.1 Å². The number of carbonyl (C=O) groups excluding carboxylic acids is 1. The second-order valence-corrected chi connectivity index (χ2v) is 10.4. The number of pyridine rings is 1. The van der Waals surface area contributed by atoms with Gasteiger partial charge in [0.1, 0.15) is 5.82 Å². The molecule has 2 N–H and O–H groups in total. The lowest BCUT2D eigenvalue weighted by molar-refractivity contribution is -0.198. The minimum atomic E-state index is -3.51. The molecule has 182 valence electrons. The van der Waals surface area contributed by atoms with Crippen LogP contribution in [0.5, 0.6) is 0 Å². The number of rotatable bonds is 8. The zero-order chi connectivity index (χ0) is 24.0. The Morgan fingerprint density at radius 2 is 2.00 bits per heavy atom. The molecule has 0 saturated carbocycles. The van der Waals surface area contributed by atoms with E-state index in [9.17, 15) is 13.2 Å². The van der Waals surface area contributed by atoms with Crippen LogP contribution < -0.4 is 10.8 Å². The van der Waals surface area contributed by atoms with E-state index in [2.05, 4.69) is 15.8 Å². The van der Waals surface area contributed by atoms with Crippen molar-refractivity contribution in [1.29, 1.82) is 0 Å². The number of anilines is 1. The predicted octanol–water partition coefficient (Wildman–Crippen LogP) is 2.85. The summed E-state index contributed by atoms with van der Waals surface area (Å²) in [6, 6.07) is 10.5. The lowest BCUT2D eigenvalue weighted by Gasteiger charge is -2.21. The molecule has 0 bridgehead atoms. The minimum absolute atomic E-state index is 0.0287. The number of carbonyl (C=O) groups is 1. The Hall–Kier alpha value is -2.79. The van der Waals surface area contributed by atoms with Gasteiger partial charge in [-0.3, -0.25) is 4.79 Å². The Bertz CT molecular complexity index is 1100. The summed E-state index contributed by atoms with van der Waals surface area (Å²) in [4.78, 5) is 21.9. The minimum Gasteiger partial charge on any atom is -0.366 e. The van der Waals surface area contributed by atoms with E-state index in [1.165, 1.54) is 10.4 Å². The maximum Gasteiger partial charge on any atom is 0.267 e. The molecule has 0 spiro atoms. The van der Waals surface area contributed by atoms with Gasteiger partial charge in [0.15, 0.2) is 6.29 Å². The quantitative estimate of drug-likeness (QED) is 0.436. The molecule has 2 aliphatic rings. The first-order valence-electron chi connectivity index (χ1n) is 11.4. The lowest BCUT2D eigenvalue weighted by Crippen LogP contribution is -2.32. The van der Waals surface area contributed by atoms with E-state index in [0.29, 0.717) is 36.8 Å². The van der Waals surface area contributed by atoms with E-state index in [1.807, 2.05) is 13.0 Å². The first kappa shape index (κ1) is 24.3. The largest absolute Gasteiger partial charge is 0.366 e. The highest BCUT2D eigenvalue weighted by Crippen LogP contribution is 2.23. The van der Waals surface area contributed by atoms with Gasteiger partial charge in [0.2, 0.25) is 10.0 Å². The van der Waals surface area contributed by atoms with Crippen LogP contribution in [-0.2, 0) is 24.4 Å². The van der Waals surface area contributed by atoms with E-state index in [-0.39, 0.29) is 11.9 Å². The van der Waals surface area contributed by atoms with Crippen molar-refractivity contribution in [2.75, 3.05) is 25.0 Å². The number of aromatic nitrogens is 1. The van der Waals surface area contributed by atoms with Crippen LogP contribution in [0.2, 0.25) is 0 Å². The molecule has 2 aromatic rings. The second kappa shape index (κ2) is 11.1. The zero-order valence-electron chi connectivity index (χ0n) is 19.1. The van der Waals surface area contributed by atoms with E-state index in [0.717, 1.165) is 30.4 Å². The number of ether oxygens (including phenoxy) is 1. The van der Waals surface area contributed by atoms with Crippen molar-refractivity contribution in [3.63, 3.8) is 0 Å². The second-order valence-electron chi connectivity index (χ2n) is 8.50. The molecule has 2 atom stereocenters. The van der Waals surface area contributed by atoms with Crippen LogP contribution in [0.1, 0.15) is 36.8 Å². The van der Waals surface area contributed by atoms with Gasteiger partial charge in [-0.05, 0) is 62.1 Å². The lowest BCUT2D eigenvalue weighted by atomic mass is 10.2. The maximum absolute atomic E-state index is 12.9. The fraction of sp³-hybridized carbons (Fsp3) is 0.417. The van der Waals surface area contributed by atoms with Crippen molar-refractivity contribution in [3.05, 3.63) is 59.8 Å². The van der Waals surface area contributed by atoms with E-state index < -0.39 is 16.3 Å². The highest BCUT2D eigenvalue weighted by atomic mass is 32.2. The number of hydrogen-bond donors (Lipinski definition) is 2. The molecular formula is C24H30N4O5S. The summed E-state index contributed by atoms with van der Waals surface area (Å²) >= 11 is 0. The molecular weight excluding hydrogens is 456 g/mol. The molecule has 2 unspecified atom stereocenters. The topological polar surface area (TPSA) is 110 Å². The SMILES string of the molecule is Cc1ccc(S(=O)(=O)N2CCC(Nc3ccc(/C=C/C(=O)NOC4CCCCO4)cn3)C2)cc1. The van der Waals surface area contributed by atoms with Gasteiger partial charge in [-0.15, -0.1) is 0 Å². The zero-order valence-corrected chi connectivity index (χ0v) is 20.0. The number of aryl methyl sites for hydroxylation is 1. The van der Waals surface area contributed by atoms with Crippen molar-refractivity contribution in [3.8, 4) is 0 Å². The van der Waals surface area contributed by atoms with E-state index in [4.69, 9.17) is 9.57 Å². The third-order valence-corrected chi connectivity index (χ3v) is 7.68. The summed E-state index contributed by atoms with van der Waals surface area (Å²) in [5.74, 6) is 0.274. The van der Waals surface area contributed by atoms with Gasteiger partial charge in [-0.25, -0.2) is 23.7 Å². The van der Waals surface area contributed by atoms with Crippen LogP contribution in [0.15, 0.2) is 53.6 Å². The third-order valence-electron chi connectivity index (χ3n) is 5.80. The van der Waals surface area contributed by atoms with Gasteiger partial charge in [0.25, 0.3) is 5.91 Å². The number of nitrogens with zero attached hydrogens (tertiary/aromatic N) is 2. The molecule has 0 aliphatic carbocycles. The highest BCUT2D eigenvalue weighted by Gasteiger charge is 2.32. The number of hydrogen-bond acceptors (Lipinski definition) is 7. The standard InChI is InChI=1S/C24H30N4O5S/c1-18-5-9-21(10-6-18)34(30,31)28-14-13-20(17-28)26-22-11-7-19(16-25-22)8-12-23(29)27-33-24-4-2-3-15-32-24/h5-12,16,20,24H,2-4,13-15,17H2,1H3,(H,25,26)(H,27,29)/b12-8+. The number of amides is 1. The average Bonchev–Trinajstić information content (AvgIpc) is 3.33. The van der Waals surface area contributed by atoms with Crippen molar-refractivity contribution >= 4 is 27.8 Å². The molecule has 9 nitrogen and oxygen atoms in total. The molecule has 0 radical (unpaired) electrons. The van der Waals surface area contributed by atoms with Crippen molar-refractivity contribution < 1.29 is 22.8 Å². The Morgan fingerprint density at radius 3 is 2.71 bits per heavy atom. The van der Waals surface area contributed by atoms with Crippen LogP contribution in [0.25, 0.3) is 6.08 Å². The van der Waals surface area contributed by atoms with Crippen LogP contribution in [-0.4, -0.2) is 55.6 Å². The summed E-state index contributed by atoms with van der Waals surface area (Å²) in [6.45, 7) is 3.41. The summed E-state index contributed by atoms with van der Waals surface area (Å²) in [6.07, 6.45) is 7.75. The molecule has 1 amide bonds. The number of benzene rings is 1. The molecule has 34 heavy (non-hydrogen) atoms. The molecule has 4 rings (SSSR count). The van der Waals surface area contributed by atoms with Gasteiger partial charge in [-0.2, -0.15) is 4.31 Å². The van der Waals surface area contributed by atoms with Crippen molar-refractivity contribution in [2.24, 2.45) is 0 Å². The Kier molecular flexibility index (Phi) is 7.94. The van der Waals surface area contributed by atoms with Crippen molar-refractivity contribution in [1.82, 2.24) is 14.8 Å². The molecule has 2 saturated heterocycles. The van der Waals surface area contributed by atoms with Gasteiger partial charge in [0.05, 0.1) is 4.90 Å². The third kappa shape index (κ3) is 6.41. The van der Waals surface area contributed by atoms with E-state index >= 15 is 0 Å². The monoisotopic (exact) mass is 486 g/mol. The fourth-order valence-electron chi connectivity index (χ4n) is 3.86. The number of nitrogens with one attached hydrogen (secondary N) is 2. The summed E-state index contributed by atoms with van der Waals surface area (Å²) in [5.41, 5.74) is 4.15. The summed E-state index contributed by atoms with van der Waals surface area (Å²) in [7, 11) is -3.51. The first-order chi connectivity index (χ1) is 16.4. The normalized spacial score (nSPS) is 21.6. The molecule has 1 aromatic heterocycles. The summed E-state index contributed by atoms with van der Waals surface area (Å²) in [5, 5.41) is 3.30. The van der Waals surface area contributed by atoms with Crippen molar-refractivity contribution in [2.45, 2.75) is 49.8 Å². The summed E-state index contributed by atoms with van der Waals surface area (Å²) < 4.78 is 32.7. The molecule has 3 heterocycles. The van der Waals surface area contributed by atoms with Crippen LogP contribution in [0.4, 0.5) is 5.82 Å². The maximum atomic E-state index is 12.9. The van der Waals surface area contributed by atoms with Crippen LogP contribution in [0.3, 0.4) is 0 Å². The van der Waals surface area contributed by atoms with Crippen LogP contribution >= 0.6 is 0 Å². The van der Waals surface area contributed by atoms with Gasteiger partial charge in [0, 0.05) is 44.4 Å². The average molecular weight is 487 g/mol. The van der Waals surface area contributed by atoms with E-state index in [1.54, 1.807) is 42.6 Å².